The molecule has 0 spiro atoms. The lowest BCUT2D eigenvalue weighted by Gasteiger charge is -2.08. The fraction of sp³-hybridized carbons (Fsp3) is 0.0526. The number of hydrogen-bond donors (Lipinski definition) is 1. The maximum Gasteiger partial charge on any atom is 0.254 e. The minimum Gasteiger partial charge on any atom is -0.348 e. The summed E-state index contributed by atoms with van der Waals surface area (Å²) in [6, 6.07) is 17.2. The van der Waals surface area contributed by atoms with Crippen molar-refractivity contribution >= 4 is 17.5 Å². The molecule has 0 atom stereocenters. The number of carbonyl (C=O) groups excluding carboxylic acids is 1. The molecule has 0 radical (unpaired) electrons. The van der Waals surface area contributed by atoms with E-state index in [2.05, 4.69) is 10.3 Å². The molecule has 0 aliphatic heterocycles. The van der Waals surface area contributed by atoms with Crippen molar-refractivity contribution in [3.8, 4) is 11.3 Å². The van der Waals surface area contributed by atoms with Crippen molar-refractivity contribution in [2.45, 2.75) is 6.54 Å². The van der Waals surface area contributed by atoms with Crippen molar-refractivity contribution in [2.24, 2.45) is 0 Å². The van der Waals surface area contributed by atoms with Gasteiger partial charge in [0, 0.05) is 18.3 Å². The first-order chi connectivity index (χ1) is 11.6. The first kappa shape index (κ1) is 16.1. The highest BCUT2D eigenvalue weighted by molar-refractivity contribution is 6.33. The van der Waals surface area contributed by atoms with Gasteiger partial charge in [-0.05, 0) is 29.8 Å². The molecule has 3 nitrogen and oxygen atoms in total. The molecular formula is C19H14ClFN2O. The molecule has 5 heteroatoms. The van der Waals surface area contributed by atoms with E-state index >= 15 is 0 Å². The third-order valence-electron chi connectivity index (χ3n) is 3.54. The van der Waals surface area contributed by atoms with Crippen LogP contribution in [0.5, 0.6) is 0 Å². The lowest BCUT2D eigenvalue weighted by atomic mass is 10.1. The van der Waals surface area contributed by atoms with Crippen LogP contribution in [0, 0.1) is 5.82 Å². The van der Waals surface area contributed by atoms with Gasteiger partial charge < -0.3 is 5.32 Å². The molecule has 0 saturated heterocycles. The van der Waals surface area contributed by atoms with Crippen LogP contribution in [0.3, 0.4) is 0 Å². The van der Waals surface area contributed by atoms with Gasteiger partial charge in [0.25, 0.3) is 5.91 Å². The Labute approximate surface area is 144 Å². The van der Waals surface area contributed by atoms with Crippen LogP contribution in [0.15, 0.2) is 66.9 Å². The van der Waals surface area contributed by atoms with Crippen LogP contribution in [0.1, 0.15) is 15.9 Å². The van der Waals surface area contributed by atoms with Crippen molar-refractivity contribution < 1.29 is 9.18 Å². The van der Waals surface area contributed by atoms with Crippen LogP contribution in [-0.4, -0.2) is 10.9 Å². The average molecular weight is 341 g/mol. The van der Waals surface area contributed by atoms with E-state index in [1.807, 2.05) is 30.3 Å². The summed E-state index contributed by atoms with van der Waals surface area (Å²) in [6.07, 6.45) is 1.58. The minimum absolute atomic E-state index is 0.0123. The number of nitrogens with zero attached hydrogens (tertiary/aromatic N) is 1. The number of aromatic nitrogens is 1. The van der Waals surface area contributed by atoms with Gasteiger partial charge in [-0.2, -0.15) is 0 Å². The monoisotopic (exact) mass is 340 g/mol. The highest BCUT2D eigenvalue weighted by atomic mass is 35.5. The Morgan fingerprint density at radius 1 is 1.08 bits per heavy atom. The van der Waals surface area contributed by atoms with Crippen molar-refractivity contribution in [3.63, 3.8) is 0 Å². The summed E-state index contributed by atoms with van der Waals surface area (Å²) in [5, 5.41) is 3.13. The molecule has 3 aromatic rings. The molecule has 3 rings (SSSR count). The first-order valence-corrected chi connectivity index (χ1v) is 7.75. The quantitative estimate of drug-likeness (QED) is 0.761. The molecule has 1 heterocycles. The molecule has 0 fully saturated rings. The fourth-order valence-electron chi connectivity index (χ4n) is 2.32. The zero-order chi connectivity index (χ0) is 16.9. The molecule has 1 aromatic heterocycles. The lowest BCUT2D eigenvalue weighted by Crippen LogP contribution is -2.23. The topological polar surface area (TPSA) is 42.0 Å². The Balaban J connectivity index is 1.77. The molecule has 0 bridgehead atoms. The second kappa shape index (κ2) is 7.23. The van der Waals surface area contributed by atoms with Gasteiger partial charge in [-0.1, -0.05) is 48.0 Å². The largest absolute Gasteiger partial charge is 0.348 e. The molecule has 1 N–H and O–H groups in total. The summed E-state index contributed by atoms with van der Waals surface area (Å²) in [7, 11) is 0. The molecule has 0 aliphatic rings. The second-order valence-electron chi connectivity index (χ2n) is 5.20. The summed E-state index contributed by atoms with van der Waals surface area (Å²) in [5.74, 6) is -1.07. The normalized spacial score (nSPS) is 10.4. The predicted octanol–water partition coefficient (Wildman–Crippen LogP) is 4.47. The molecule has 24 heavy (non-hydrogen) atoms. The number of nitrogens with one attached hydrogen (secondary N) is 1. The molecule has 1 amide bonds. The molecule has 120 valence electrons. The lowest BCUT2D eigenvalue weighted by molar-refractivity contribution is 0.0947. The molecule has 0 saturated carbocycles. The van der Waals surface area contributed by atoms with E-state index in [-0.39, 0.29) is 5.56 Å². The van der Waals surface area contributed by atoms with Gasteiger partial charge in [-0.3, -0.25) is 9.78 Å². The number of benzene rings is 2. The number of carbonyl (C=O) groups is 1. The van der Waals surface area contributed by atoms with Gasteiger partial charge in [0.2, 0.25) is 0 Å². The van der Waals surface area contributed by atoms with Crippen molar-refractivity contribution in [3.05, 3.63) is 88.8 Å². The Morgan fingerprint density at radius 2 is 1.88 bits per heavy atom. The van der Waals surface area contributed by atoms with Crippen molar-refractivity contribution in [1.29, 1.82) is 0 Å². The zero-order valence-corrected chi connectivity index (χ0v) is 13.4. The van der Waals surface area contributed by atoms with E-state index < -0.39 is 11.7 Å². The molecule has 0 unspecified atom stereocenters. The van der Waals surface area contributed by atoms with Crippen LogP contribution < -0.4 is 5.32 Å². The number of hydrogen-bond acceptors (Lipinski definition) is 2. The van der Waals surface area contributed by atoms with Crippen LogP contribution >= 0.6 is 11.6 Å². The van der Waals surface area contributed by atoms with Crippen LogP contribution in [0.4, 0.5) is 4.39 Å². The first-order valence-electron chi connectivity index (χ1n) is 7.38. The Hall–Kier alpha value is -2.72. The van der Waals surface area contributed by atoms with Crippen LogP contribution in [0.25, 0.3) is 11.3 Å². The van der Waals surface area contributed by atoms with Crippen molar-refractivity contribution in [1.82, 2.24) is 10.3 Å². The van der Waals surface area contributed by atoms with Crippen LogP contribution in [0.2, 0.25) is 5.02 Å². The summed E-state index contributed by atoms with van der Waals surface area (Å²) in [6.45, 7) is 0.340. The Bertz CT molecular complexity index is 868. The van der Waals surface area contributed by atoms with Gasteiger partial charge in [0.15, 0.2) is 0 Å². The van der Waals surface area contributed by atoms with Crippen LogP contribution in [-0.2, 0) is 6.54 Å². The second-order valence-corrected chi connectivity index (χ2v) is 5.60. The van der Waals surface area contributed by atoms with Gasteiger partial charge in [0.1, 0.15) is 5.82 Å². The smallest absolute Gasteiger partial charge is 0.254 e. The molecule has 2 aromatic carbocycles. The fourth-order valence-corrected chi connectivity index (χ4v) is 2.55. The van der Waals surface area contributed by atoms with E-state index in [1.54, 1.807) is 24.4 Å². The van der Waals surface area contributed by atoms with E-state index in [0.29, 0.717) is 22.8 Å². The van der Waals surface area contributed by atoms with Gasteiger partial charge in [-0.25, -0.2) is 4.39 Å². The SMILES string of the molecule is O=C(NCc1ccccc1)c1ccc(-c2ncccc2Cl)cc1F. The number of pyridine rings is 1. The van der Waals surface area contributed by atoms with E-state index in [4.69, 9.17) is 11.6 Å². The third kappa shape index (κ3) is 3.60. The molecule has 0 aliphatic carbocycles. The minimum atomic E-state index is -0.611. The zero-order valence-electron chi connectivity index (χ0n) is 12.7. The highest BCUT2D eigenvalue weighted by Gasteiger charge is 2.14. The van der Waals surface area contributed by atoms with E-state index in [1.165, 1.54) is 12.1 Å². The summed E-state index contributed by atoms with van der Waals surface area (Å²) >= 11 is 6.07. The van der Waals surface area contributed by atoms with Gasteiger partial charge in [-0.15, -0.1) is 0 Å². The number of halogens is 2. The predicted molar refractivity (Wildman–Crippen MR) is 92.3 cm³/mol. The Kier molecular flexibility index (Phi) is 4.87. The summed E-state index contributed by atoms with van der Waals surface area (Å²) in [5.41, 5.74) is 1.94. The molecular weight excluding hydrogens is 327 g/mol. The van der Waals surface area contributed by atoms with Gasteiger partial charge in [0.05, 0.1) is 16.3 Å². The van der Waals surface area contributed by atoms with E-state index in [9.17, 15) is 9.18 Å². The Morgan fingerprint density at radius 3 is 2.58 bits per heavy atom. The van der Waals surface area contributed by atoms with Gasteiger partial charge >= 0.3 is 0 Å². The number of amides is 1. The average Bonchev–Trinajstić information content (AvgIpc) is 2.61. The maximum atomic E-state index is 14.3. The third-order valence-corrected chi connectivity index (χ3v) is 3.85. The van der Waals surface area contributed by atoms with Crippen molar-refractivity contribution in [2.75, 3.05) is 0 Å². The summed E-state index contributed by atoms with van der Waals surface area (Å²) < 4.78 is 14.3. The highest BCUT2D eigenvalue weighted by Crippen LogP contribution is 2.26. The maximum absolute atomic E-state index is 14.3. The number of rotatable bonds is 4. The van der Waals surface area contributed by atoms with E-state index in [0.717, 1.165) is 5.56 Å². The summed E-state index contributed by atoms with van der Waals surface area (Å²) in [4.78, 5) is 16.3. The standard InChI is InChI=1S/C19H14ClFN2O/c20-16-7-4-10-22-18(16)14-8-9-15(17(21)11-14)19(24)23-12-13-5-2-1-3-6-13/h1-11H,12H2,(H,23,24).